The van der Waals surface area contributed by atoms with E-state index in [0.717, 1.165) is 0 Å². The maximum absolute atomic E-state index is 11.4. The molecule has 0 heterocycles. The van der Waals surface area contributed by atoms with E-state index in [4.69, 9.17) is 4.74 Å². The molecule has 72 valence electrons. The highest BCUT2D eigenvalue weighted by atomic mass is 32.2. The molecular formula is C8H16O3S. The molecular weight excluding hydrogens is 176 g/mol. The standard InChI is InChI=1S/C8H16O3S/c1-5-11-8(9)7(4)12(10)6(2)3/h6-7H,5H2,1-4H3. The van der Waals surface area contributed by atoms with Gasteiger partial charge in [0, 0.05) is 16.0 Å². The highest BCUT2D eigenvalue weighted by Crippen LogP contribution is 2.04. The molecule has 0 spiro atoms. The summed E-state index contributed by atoms with van der Waals surface area (Å²) in [7, 11) is -1.12. The summed E-state index contributed by atoms with van der Waals surface area (Å²) in [6.07, 6.45) is 0. The van der Waals surface area contributed by atoms with Gasteiger partial charge in [-0.15, -0.1) is 0 Å². The predicted molar refractivity (Wildman–Crippen MR) is 49.4 cm³/mol. The molecule has 0 rings (SSSR count). The van der Waals surface area contributed by atoms with E-state index in [-0.39, 0.29) is 11.2 Å². The molecule has 0 aromatic heterocycles. The number of carbonyl (C=O) groups excluding carboxylic acids is 1. The maximum atomic E-state index is 11.4. The minimum Gasteiger partial charge on any atom is -0.465 e. The van der Waals surface area contributed by atoms with E-state index in [0.29, 0.717) is 6.61 Å². The van der Waals surface area contributed by atoms with Gasteiger partial charge in [0.1, 0.15) is 5.25 Å². The van der Waals surface area contributed by atoms with Crippen molar-refractivity contribution in [1.82, 2.24) is 0 Å². The third-order valence-corrected chi connectivity index (χ3v) is 3.25. The molecule has 0 saturated carbocycles. The van der Waals surface area contributed by atoms with Crippen molar-refractivity contribution < 1.29 is 13.7 Å². The Hall–Kier alpha value is -0.380. The first-order valence-corrected chi connectivity index (χ1v) is 5.34. The zero-order chi connectivity index (χ0) is 9.72. The summed E-state index contributed by atoms with van der Waals surface area (Å²) in [5.74, 6) is -0.371. The summed E-state index contributed by atoms with van der Waals surface area (Å²) >= 11 is 0. The molecule has 0 aromatic carbocycles. The van der Waals surface area contributed by atoms with Crippen molar-refractivity contribution in [1.29, 1.82) is 0 Å². The van der Waals surface area contributed by atoms with Crippen LogP contribution in [-0.2, 0) is 20.3 Å². The Morgan fingerprint density at radius 2 is 1.92 bits per heavy atom. The van der Waals surface area contributed by atoms with Gasteiger partial charge in [-0.2, -0.15) is 0 Å². The summed E-state index contributed by atoms with van der Waals surface area (Å²) in [6.45, 7) is 7.37. The minimum atomic E-state index is -1.12. The molecule has 12 heavy (non-hydrogen) atoms. The van der Waals surface area contributed by atoms with Crippen molar-refractivity contribution in [2.24, 2.45) is 0 Å². The molecule has 4 heteroatoms. The zero-order valence-electron chi connectivity index (χ0n) is 7.99. The lowest BCUT2D eigenvalue weighted by atomic mass is 10.5. The normalized spacial score (nSPS) is 15.8. The number of hydrogen-bond acceptors (Lipinski definition) is 3. The van der Waals surface area contributed by atoms with Gasteiger partial charge in [0.25, 0.3) is 0 Å². The van der Waals surface area contributed by atoms with Crippen LogP contribution in [-0.4, -0.2) is 27.3 Å². The molecule has 0 fully saturated rings. The molecule has 0 radical (unpaired) electrons. The average molecular weight is 192 g/mol. The van der Waals surface area contributed by atoms with E-state index in [1.165, 1.54) is 0 Å². The number of ether oxygens (including phenoxy) is 1. The molecule has 0 bridgehead atoms. The van der Waals surface area contributed by atoms with Gasteiger partial charge >= 0.3 is 5.97 Å². The molecule has 0 aliphatic carbocycles. The lowest BCUT2D eigenvalue weighted by Crippen LogP contribution is -2.29. The lowest BCUT2D eigenvalue weighted by Gasteiger charge is -2.12. The molecule has 2 atom stereocenters. The van der Waals surface area contributed by atoms with E-state index in [1.54, 1.807) is 13.8 Å². The summed E-state index contributed by atoms with van der Waals surface area (Å²) < 4.78 is 16.1. The maximum Gasteiger partial charge on any atom is 0.321 e. The van der Waals surface area contributed by atoms with Crippen LogP contribution in [0.15, 0.2) is 0 Å². The molecule has 0 aliphatic heterocycles. The lowest BCUT2D eigenvalue weighted by molar-refractivity contribution is -0.142. The van der Waals surface area contributed by atoms with Gasteiger partial charge in [0.15, 0.2) is 0 Å². The first-order valence-electron chi connectivity index (χ1n) is 4.06. The first-order chi connectivity index (χ1) is 5.50. The molecule has 0 aromatic rings. The molecule has 0 N–H and O–H groups in total. The zero-order valence-corrected chi connectivity index (χ0v) is 8.81. The largest absolute Gasteiger partial charge is 0.465 e. The van der Waals surface area contributed by atoms with Crippen molar-refractivity contribution in [3.05, 3.63) is 0 Å². The van der Waals surface area contributed by atoms with Crippen molar-refractivity contribution in [2.45, 2.75) is 38.2 Å². The van der Waals surface area contributed by atoms with Crippen LogP contribution in [0.1, 0.15) is 27.7 Å². The smallest absolute Gasteiger partial charge is 0.321 e. The van der Waals surface area contributed by atoms with Crippen molar-refractivity contribution in [2.75, 3.05) is 6.61 Å². The minimum absolute atomic E-state index is 0.00408. The fourth-order valence-corrected chi connectivity index (χ4v) is 1.84. The first kappa shape index (κ1) is 11.6. The molecule has 3 nitrogen and oxygen atoms in total. The van der Waals surface area contributed by atoms with Crippen molar-refractivity contribution in [3.8, 4) is 0 Å². The van der Waals surface area contributed by atoms with Crippen LogP contribution in [0.2, 0.25) is 0 Å². The Kier molecular flexibility index (Phi) is 5.13. The predicted octanol–water partition coefficient (Wildman–Crippen LogP) is 1.10. The monoisotopic (exact) mass is 192 g/mol. The molecule has 0 amide bonds. The topological polar surface area (TPSA) is 43.4 Å². The Balaban J connectivity index is 4.10. The molecule has 2 unspecified atom stereocenters. The second kappa shape index (κ2) is 5.30. The van der Waals surface area contributed by atoms with E-state index < -0.39 is 16.0 Å². The summed E-state index contributed by atoms with van der Waals surface area (Å²) in [5, 5.41) is -0.505. The van der Waals surface area contributed by atoms with E-state index in [1.807, 2.05) is 13.8 Å². The molecule has 0 saturated heterocycles. The van der Waals surface area contributed by atoms with Crippen molar-refractivity contribution in [3.63, 3.8) is 0 Å². The van der Waals surface area contributed by atoms with Gasteiger partial charge in [-0.05, 0) is 13.8 Å². The van der Waals surface area contributed by atoms with Crippen LogP contribution in [0.5, 0.6) is 0 Å². The van der Waals surface area contributed by atoms with E-state index >= 15 is 0 Å². The Morgan fingerprint density at radius 3 is 2.25 bits per heavy atom. The second-order valence-electron chi connectivity index (χ2n) is 2.77. The van der Waals surface area contributed by atoms with Crippen LogP contribution < -0.4 is 0 Å². The van der Waals surface area contributed by atoms with Crippen LogP contribution >= 0.6 is 0 Å². The van der Waals surface area contributed by atoms with E-state index in [2.05, 4.69) is 0 Å². The van der Waals surface area contributed by atoms with Gasteiger partial charge in [-0.3, -0.25) is 9.00 Å². The van der Waals surface area contributed by atoms with Gasteiger partial charge in [-0.1, -0.05) is 13.8 Å². The van der Waals surface area contributed by atoms with Gasteiger partial charge in [0.05, 0.1) is 6.61 Å². The van der Waals surface area contributed by atoms with E-state index in [9.17, 15) is 9.00 Å². The van der Waals surface area contributed by atoms with Crippen LogP contribution in [0.4, 0.5) is 0 Å². The van der Waals surface area contributed by atoms with Crippen LogP contribution in [0.25, 0.3) is 0 Å². The van der Waals surface area contributed by atoms with Crippen LogP contribution in [0, 0.1) is 0 Å². The van der Waals surface area contributed by atoms with Crippen molar-refractivity contribution >= 4 is 16.8 Å². The quantitative estimate of drug-likeness (QED) is 0.626. The average Bonchev–Trinajstić information content (AvgIpc) is 2.02. The third-order valence-electron chi connectivity index (χ3n) is 1.43. The summed E-state index contributed by atoms with van der Waals surface area (Å²) in [5.41, 5.74) is 0. The number of carbonyl (C=O) groups is 1. The van der Waals surface area contributed by atoms with Gasteiger partial charge in [0.2, 0.25) is 0 Å². The van der Waals surface area contributed by atoms with Gasteiger partial charge < -0.3 is 4.74 Å². The fraction of sp³-hybridized carbons (Fsp3) is 0.875. The fourth-order valence-electron chi connectivity index (χ4n) is 0.763. The second-order valence-corrected chi connectivity index (χ2v) is 5.08. The Labute approximate surface area is 75.9 Å². The SMILES string of the molecule is CCOC(=O)C(C)S(=O)C(C)C. The Bertz CT molecular complexity index is 177. The molecule has 0 aliphatic rings. The highest BCUT2D eigenvalue weighted by Gasteiger charge is 2.22. The number of rotatable bonds is 4. The summed E-state index contributed by atoms with van der Waals surface area (Å²) in [4.78, 5) is 11.1. The van der Waals surface area contributed by atoms with Gasteiger partial charge in [-0.25, -0.2) is 0 Å². The third kappa shape index (κ3) is 3.34. The number of hydrogen-bond donors (Lipinski definition) is 0. The Morgan fingerprint density at radius 1 is 1.42 bits per heavy atom. The highest BCUT2D eigenvalue weighted by molar-refractivity contribution is 7.87. The van der Waals surface area contributed by atoms with Crippen LogP contribution in [0.3, 0.4) is 0 Å². The summed E-state index contributed by atoms with van der Waals surface area (Å²) in [6, 6.07) is 0. The number of esters is 1.